The fourth-order valence-electron chi connectivity index (χ4n) is 3.47. The molecule has 0 spiro atoms. The van der Waals surface area contributed by atoms with E-state index in [4.69, 9.17) is 4.74 Å². The minimum absolute atomic E-state index is 0.186. The molecule has 1 aromatic heterocycles. The van der Waals surface area contributed by atoms with Gasteiger partial charge >= 0.3 is 0 Å². The van der Waals surface area contributed by atoms with Crippen LogP contribution in [0.15, 0.2) is 64.6 Å². The molecule has 0 atom stereocenters. The Morgan fingerprint density at radius 2 is 1.82 bits per heavy atom. The lowest BCUT2D eigenvalue weighted by molar-refractivity contribution is -0.113. The Labute approximate surface area is 197 Å². The van der Waals surface area contributed by atoms with Crippen molar-refractivity contribution in [2.45, 2.75) is 23.4 Å². The van der Waals surface area contributed by atoms with Crippen LogP contribution in [0, 0.1) is 6.92 Å². The fourth-order valence-corrected chi connectivity index (χ4v) is 5.62. The minimum atomic E-state index is -3.55. The molecule has 33 heavy (non-hydrogen) atoms. The van der Waals surface area contributed by atoms with Crippen molar-refractivity contribution in [2.24, 2.45) is 0 Å². The van der Waals surface area contributed by atoms with Crippen molar-refractivity contribution >= 4 is 33.4 Å². The predicted molar refractivity (Wildman–Crippen MR) is 128 cm³/mol. The van der Waals surface area contributed by atoms with Gasteiger partial charge in [0.1, 0.15) is 0 Å². The second-order valence-electron chi connectivity index (χ2n) is 7.65. The van der Waals surface area contributed by atoms with Crippen molar-refractivity contribution < 1.29 is 17.9 Å². The Hall–Kier alpha value is -2.66. The summed E-state index contributed by atoms with van der Waals surface area (Å²) in [4.78, 5) is 20.4. The highest BCUT2D eigenvalue weighted by atomic mass is 32.2. The van der Waals surface area contributed by atoms with E-state index in [1.807, 2.05) is 25.1 Å². The summed E-state index contributed by atoms with van der Waals surface area (Å²) >= 11 is 1.33. The maximum atomic E-state index is 12.7. The predicted octanol–water partition coefficient (Wildman–Crippen LogP) is 3.06. The van der Waals surface area contributed by atoms with Gasteiger partial charge in [0.05, 0.1) is 29.6 Å². The van der Waals surface area contributed by atoms with E-state index in [-0.39, 0.29) is 16.6 Å². The van der Waals surface area contributed by atoms with Gasteiger partial charge in [-0.3, -0.25) is 4.79 Å². The molecule has 10 heteroatoms. The molecule has 2 heterocycles. The third-order valence-corrected chi connectivity index (χ3v) is 8.05. The van der Waals surface area contributed by atoms with E-state index in [0.29, 0.717) is 37.1 Å². The summed E-state index contributed by atoms with van der Waals surface area (Å²) in [5.41, 5.74) is 3.67. The molecule has 4 rings (SSSR count). The normalized spacial score (nSPS) is 14.8. The highest BCUT2D eigenvalue weighted by Crippen LogP contribution is 2.21. The Bertz CT molecular complexity index is 1190. The van der Waals surface area contributed by atoms with Crippen molar-refractivity contribution in [3.8, 4) is 0 Å². The maximum Gasteiger partial charge on any atom is 0.243 e. The lowest BCUT2D eigenvalue weighted by atomic mass is 10.1. The number of nitrogens with one attached hydrogen (secondary N) is 2. The van der Waals surface area contributed by atoms with Crippen molar-refractivity contribution in [3.63, 3.8) is 0 Å². The van der Waals surface area contributed by atoms with Gasteiger partial charge in [0.15, 0.2) is 5.16 Å². The highest BCUT2D eigenvalue weighted by molar-refractivity contribution is 7.99. The van der Waals surface area contributed by atoms with Crippen molar-refractivity contribution in [1.29, 1.82) is 0 Å². The van der Waals surface area contributed by atoms with E-state index in [2.05, 4.69) is 27.4 Å². The second-order valence-corrected chi connectivity index (χ2v) is 10.6. The first-order valence-corrected chi connectivity index (χ1v) is 13.0. The molecule has 1 fully saturated rings. The molecule has 1 aliphatic heterocycles. The number of hydrogen-bond acceptors (Lipinski definition) is 6. The van der Waals surface area contributed by atoms with Crippen molar-refractivity contribution in [1.82, 2.24) is 14.3 Å². The van der Waals surface area contributed by atoms with Crippen LogP contribution in [0.1, 0.15) is 17.0 Å². The van der Waals surface area contributed by atoms with Gasteiger partial charge in [-0.25, -0.2) is 13.4 Å². The molecule has 174 valence electrons. The van der Waals surface area contributed by atoms with Gasteiger partial charge in [0, 0.05) is 30.9 Å². The minimum Gasteiger partial charge on any atom is -0.379 e. The van der Waals surface area contributed by atoms with Crippen LogP contribution < -0.4 is 5.32 Å². The quantitative estimate of drug-likeness (QED) is 0.474. The van der Waals surface area contributed by atoms with Crippen molar-refractivity contribution in [3.05, 3.63) is 71.5 Å². The number of amides is 1. The zero-order chi connectivity index (χ0) is 23.3. The van der Waals surface area contributed by atoms with E-state index in [1.54, 1.807) is 12.1 Å². The first kappa shape index (κ1) is 23.5. The number of hydrogen-bond donors (Lipinski definition) is 2. The summed E-state index contributed by atoms with van der Waals surface area (Å²) in [7, 11) is -3.55. The van der Waals surface area contributed by atoms with Gasteiger partial charge < -0.3 is 15.0 Å². The first-order chi connectivity index (χ1) is 15.9. The molecule has 2 N–H and O–H groups in total. The largest absolute Gasteiger partial charge is 0.379 e. The number of thioether (sulfide) groups is 1. The molecule has 0 aliphatic carbocycles. The van der Waals surface area contributed by atoms with Gasteiger partial charge in [-0.1, -0.05) is 42.1 Å². The standard InChI is InChI=1S/C23H26N4O4S2/c1-17-21(15-18-5-3-2-4-6-18)26-23(24-17)32-16-22(28)25-19-7-9-20(10-8-19)33(29,30)27-11-13-31-14-12-27/h2-10H,11-16H2,1H3,(H,24,26)(H,25,28). The van der Waals surface area contributed by atoms with Crippen LogP contribution in [0.25, 0.3) is 0 Å². The molecule has 8 nitrogen and oxygen atoms in total. The van der Waals surface area contributed by atoms with E-state index in [1.165, 1.54) is 33.8 Å². The molecular weight excluding hydrogens is 460 g/mol. The summed E-state index contributed by atoms with van der Waals surface area (Å²) < 4.78 is 32.0. The van der Waals surface area contributed by atoms with Crippen LogP contribution in [0.3, 0.4) is 0 Å². The molecule has 0 unspecified atom stereocenters. The number of anilines is 1. The number of carbonyl (C=O) groups is 1. The average Bonchev–Trinajstić information content (AvgIpc) is 3.18. The molecule has 3 aromatic rings. The van der Waals surface area contributed by atoms with Crippen LogP contribution in [0.4, 0.5) is 5.69 Å². The number of nitrogens with zero attached hydrogens (tertiary/aromatic N) is 2. The monoisotopic (exact) mass is 486 g/mol. The molecule has 0 saturated carbocycles. The zero-order valence-electron chi connectivity index (χ0n) is 18.3. The topological polar surface area (TPSA) is 104 Å². The molecule has 0 bridgehead atoms. The van der Waals surface area contributed by atoms with Gasteiger partial charge in [-0.15, -0.1) is 0 Å². The number of aromatic amines is 1. The number of imidazole rings is 1. The van der Waals surface area contributed by atoms with Gasteiger partial charge in [-0.05, 0) is 36.8 Å². The average molecular weight is 487 g/mol. The lowest BCUT2D eigenvalue weighted by Gasteiger charge is -2.26. The van der Waals surface area contributed by atoms with Crippen molar-refractivity contribution in [2.75, 3.05) is 37.4 Å². The van der Waals surface area contributed by atoms with E-state index >= 15 is 0 Å². The van der Waals surface area contributed by atoms with Crippen LogP contribution in [-0.2, 0) is 26.0 Å². The number of aryl methyl sites for hydroxylation is 1. The van der Waals surface area contributed by atoms with Gasteiger partial charge in [-0.2, -0.15) is 4.31 Å². The summed E-state index contributed by atoms with van der Waals surface area (Å²) in [6, 6.07) is 16.3. The molecule has 1 amide bonds. The molecule has 1 saturated heterocycles. The van der Waals surface area contributed by atoms with Gasteiger partial charge in [0.2, 0.25) is 15.9 Å². The fraction of sp³-hybridized carbons (Fsp3) is 0.304. The highest BCUT2D eigenvalue weighted by Gasteiger charge is 2.26. The smallest absolute Gasteiger partial charge is 0.243 e. The van der Waals surface area contributed by atoms with E-state index in [9.17, 15) is 13.2 Å². The summed E-state index contributed by atoms with van der Waals surface area (Å²) in [5, 5.41) is 3.50. The number of carbonyl (C=O) groups excluding carboxylic acids is 1. The zero-order valence-corrected chi connectivity index (χ0v) is 19.9. The number of ether oxygens (including phenoxy) is 1. The van der Waals surface area contributed by atoms with Gasteiger partial charge in [0.25, 0.3) is 0 Å². The molecule has 1 aliphatic rings. The van der Waals surface area contributed by atoms with Crippen LogP contribution in [0.5, 0.6) is 0 Å². The van der Waals surface area contributed by atoms with Crippen LogP contribution in [-0.4, -0.2) is 60.7 Å². The maximum absolute atomic E-state index is 12.7. The SMILES string of the molecule is Cc1[nH]c(SCC(=O)Nc2ccc(S(=O)(=O)N3CCOCC3)cc2)nc1Cc1ccccc1. The number of aromatic nitrogens is 2. The third kappa shape index (κ3) is 6.02. The summed E-state index contributed by atoms with van der Waals surface area (Å²) in [5.74, 6) is -0.00611. The number of rotatable bonds is 8. The molecule has 0 radical (unpaired) electrons. The lowest BCUT2D eigenvalue weighted by Crippen LogP contribution is -2.40. The van der Waals surface area contributed by atoms with E-state index < -0.39 is 10.0 Å². The molecule has 2 aromatic carbocycles. The summed E-state index contributed by atoms with van der Waals surface area (Å²) in [6.45, 7) is 3.46. The Kier molecular flexibility index (Phi) is 7.49. The number of benzene rings is 2. The van der Waals surface area contributed by atoms with E-state index in [0.717, 1.165) is 17.8 Å². The third-order valence-electron chi connectivity index (χ3n) is 5.26. The Morgan fingerprint density at radius 1 is 1.12 bits per heavy atom. The molecular formula is C23H26N4O4S2. The first-order valence-electron chi connectivity index (χ1n) is 10.6. The Morgan fingerprint density at radius 3 is 2.52 bits per heavy atom. The number of sulfonamides is 1. The number of morpholine rings is 1. The van der Waals surface area contributed by atoms with Crippen LogP contribution in [0.2, 0.25) is 0 Å². The Balaban J connectivity index is 1.31. The second kappa shape index (κ2) is 10.5. The summed E-state index contributed by atoms with van der Waals surface area (Å²) in [6.07, 6.45) is 0.732. The van der Waals surface area contributed by atoms with Crippen LogP contribution >= 0.6 is 11.8 Å². The number of H-pyrrole nitrogens is 1.